The molecule has 2 aromatic rings. The maximum Gasteiger partial charge on any atom is 0.171 e. The van der Waals surface area contributed by atoms with Gasteiger partial charge in [-0.15, -0.1) is 0 Å². The number of fused-ring (bicyclic) bond motifs is 2. The molecule has 0 N–H and O–H groups in total. The average Bonchev–Trinajstić information content (AvgIpc) is 2.57. The van der Waals surface area contributed by atoms with Crippen LogP contribution >= 0.6 is 0 Å². The summed E-state index contributed by atoms with van der Waals surface area (Å²) in [5.74, 6) is 1.10. The van der Waals surface area contributed by atoms with Gasteiger partial charge in [-0.3, -0.25) is 0 Å². The summed E-state index contributed by atoms with van der Waals surface area (Å²) in [6, 6.07) is 13.2. The summed E-state index contributed by atoms with van der Waals surface area (Å²) >= 11 is 0. The van der Waals surface area contributed by atoms with Gasteiger partial charge in [-0.25, -0.2) is 0 Å². The van der Waals surface area contributed by atoms with Gasteiger partial charge in [-0.2, -0.15) is 21.0 Å². The van der Waals surface area contributed by atoms with Crippen LogP contribution in [-0.2, 0) is 0 Å². The van der Waals surface area contributed by atoms with Gasteiger partial charge in [0.05, 0.1) is 22.3 Å². The molecule has 0 aromatic heterocycles. The second kappa shape index (κ2) is 4.84. The standard InChI is InChI=1S/C16H4N4O2/c17-5-9-1-13-14(2-10(9)6-18)22-16-4-12(8-20)11(7-19)3-15(16)21-13/h1-4H. The molecule has 22 heavy (non-hydrogen) atoms. The van der Waals surface area contributed by atoms with Crippen molar-refractivity contribution in [3.05, 3.63) is 46.5 Å². The summed E-state index contributed by atoms with van der Waals surface area (Å²) in [6.45, 7) is 0. The Bertz CT molecular complexity index is 822. The summed E-state index contributed by atoms with van der Waals surface area (Å²) in [5, 5.41) is 36.1. The Balaban J connectivity index is 2.16. The first-order chi connectivity index (χ1) is 10.7. The van der Waals surface area contributed by atoms with Crippen LogP contribution in [0, 0.1) is 45.3 Å². The van der Waals surface area contributed by atoms with Crippen molar-refractivity contribution in [3.63, 3.8) is 0 Å². The smallest absolute Gasteiger partial charge is 0.171 e. The van der Waals surface area contributed by atoms with Gasteiger partial charge in [0.2, 0.25) is 0 Å². The molecular formula is C16H4N4O2. The minimum atomic E-state index is 0.169. The van der Waals surface area contributed by atoms with E-state index in [-0.39, 0.29) is 45.3 Å². The predicted octanol–water partition coefficient (Wildman–Crippen LogP) is 3.07. The molecule has 0 fully saturated rings. The quantitative estimate of drug-likeness (QED) is 0.626. The number of hydrogen-bond donors (Lipinski definition) is 0. The average molecular weight is 284 g/mol. The maximum absolute atomic E-state index is 9.02. The van der Waals surface area contributed by atoms with Crippen molar-refractivity contribution < 1.29 is 9.47 Å². The van der Waals surface area contributed by atoms with Crippen molar-refractivity contribution in [2.75, 3.05) is 0 Å². The normalized spacial score (nSPS) is 10.4. The molecule has 0 aliphatic carbocycles. The second-order valence-electron chi connectivity index (χ2n) is 4.34. The highest BCUT2D eigenvalue weighted by Crippen LogP contribution is 2.47. The van der Waals surface area contributed by atoms with E-state index < -0.39 is 0 Å². The van der Waals surface area contributed by atoms with Gasteiger partial charge in [0.15, 0.2) is 23.0 Å². The molecule has 3 rings (SSSR count). The van der Waals surface area contributed by atoms with E-state index in [1.165, 1.54) is 24.3 Å². The largest absolute Gasteiger partial charge is 0.449 e. The number of nitriles is 4. The Morgan fingerprint density at radius 3 is 0.909 bits per heavy atom. The van der Waals surface area contributed by atoms with Crippen molar-refractivity contribution in [2.45, 2.75) is 0 Å². The lowest BCUT2D eigenvalue weighted by atomic mass is 10.1. The zero-order valence-electron chi connectivity index (χ0n) is 10.9. The predicted molar refractivity (Wildman–Crippen MR) is 71.9 cm³/mol. The summed E-state index contributed by atoms with van der Waals surface area (Å²) in [4.78, 5) is 0. The van der Waals surface area contributed by atoms with Crippen LogP contribution in [-0.4, -0.2) is 0 Å². The summed E-state index contributed by atoms with van der Waals surface area (Å²) < 4.78 is 11.2. The Morgan fingerprint density at radius 2 is 0.727 bits per heavy atom. The Kier molecular flexibility index (Phi) is 2.86. The molecule has 1 aliphatic heterocycles. The molecule has 6 nitrogen and oxygen atoms in total. The molecule has 0 atom stereocenters. The summed E-state index contributed by atoms with van der Waals surface area (Å²) in [6.07, 6.45) is 0. The fourth-order valence-electron chi connectivity index (χ4n) is 2.05. The second-order valence-corrected chi connectivity index (χ2v) is 4.34. The minimum Gasteiger partial charge on any atom is -0.449 e. The van der Waals surface area contributed by atoms with E-state index in [0.29, 0.717) is 0 Å². The molecule has 0 bridgehead atoms. The number of nitrogens with zero attached hydrogens (tertiary/aromatic N) is 4. The molecule has 0 unspecified atom stereocenters. The highest BCUT2D eigenvalue weighted by Gasteiger charge is 2.23. The van der Waals surface area contributed by atoms with Crippen LogP contribution in [0.5, 0.6) is 23.0 Å². The molecule has 6 heteroatoms. The SMILES string of the molecule is N#Cc1cc2c(cc1C#N)Oc1cc(C#N)c(C#N)cc1O2. The first-order valence-electron chi connectivity index (χ1n) is 6.02. The highest BCUT2D eigenvalue weighted by atomic mass is 16.6. The lowest BCUT2D eigenvalue weighted by Crippen LogP contribution is -2.02. The highest BCUT2D eigenvalue weighted by molar-refractivity contribution is 5.64. The van der Waals surface area contributed by atoms with Crippen LogP contribution in [0.15, 0.2) is 24.3 Å². The molecule has 0 amide bonds. The van der Waals surface area contributed by atoms with Gasteiger partial charge in [0, 0.05) is 24.3 Å². The van der Waals surface area contributed by atoms with Crippen molar-refractivity contribution in [1.82, 2.24) is 0 Å². The number of ether oxygens (including phenoxy) is 2. The van der Waals surface area contributed by atoms with Crippen LogP contribution in [0.1, 0.15) is 22.3 Å². The van der Waals surface area contributed by atoms with Crippen LogP contribution in [0.25, 0.3) is 0 Å². The molecule has 0 saturated carbocycles. The zero-order valence-corrected chi connectivity index (χ0v) is 10.9. The maximum atomic E-state index is 9.02. The summed E-state index contributed by atoms with van der Waals surface area (Å²) in [7, 11) is 0. The fourth-order valence-corrected chi connectivity index (χ4v) is 2.05. The van der Waals surface area contributed by atoms with Crippen LogP contribution < -0.4 is 9.47 Å². The third-order valence-corrected chi connectivity index (χ3v) is 3.09. The van der Waals surface area contributed by atoms with Crippen LogP contribution in [0.2, 0.25) is 0 Å². The number of hydrogen-bond acceptors (Lipinski definition) is 6. The molecule has 1 aliphatic rings. The van der Waals surface area contributed by atoms with Crippen molar-refractivity contribution >= 4 is 0 Å². The molecule has 1 heterocycles. The van der Waals surface area contributed by atoms with E-state index in [4.69, 9.17) is 30.5 Å². The van der Waals surface area contributed by atoms with Crippen LogP contribution in [0.3, 0.4) is 0 Å². The first-order valence-corrected chi connectivity index (χ1v) is 6.02. The monoisotopic (exact) mass is 284 g/mol. The van der Waals surface area contributed by atoms with Crippen molar-refractivity contribution in [1.29, 1.82) is 21.0 Å². The lowest BCUT2D eigenvalue weighted by molar-refractivity contribution is 0.359. The van der Waals surface area contributed by atoms with Crippen molar-refractivity contribution in [3.8, 4) is 47.3 Å². The van der Waals surface area contributed by atoms with Gasteiger partial charge in [-0.1, -0.05) is 0 Å². The first kappa shape index (κ1) is 13.0. The topological polar surface area (TPSA) is 114 Å². The molecule has 0 spiro atoms. The van der Waals surface area contributed by atoms with Gasteiger partial charge in [0.1, 0.15) is 24.3 Å². The molecule has 0 saturated heterocycles. The Morgan fingerprint density at radius 1 is 0.500 bits per heavy atom. The number of rotatable bonds is 0. The van der Waals surface area contributed by atoms with E-state index in [1.54, 1.807) is 0 Å². The van der Waals surface area contributed by atoms with E-state index in [0.717, 1.165) is 0 Å². The van der Waals surface area contributed by atoms with Crippen LogP contribution in [0.4, 0.5) is 0 Å². The Hall–Kier alpha value is -4.00. The third-order valence-electron chi connectivity index (χ3n) is 3.09. The van der Waals surface area contributed by atoms with Gasteiger partial charge >= 0.3 is 0 Å². The molecule has 2 aromatic carbocycles. The molecular weight excluding hydrogens is 280 g/mol. The van der Waals surface area contributed by atoms with Gasteiger partial charge in [-0.05, 0) is 0 Å². The van der Waals surface area contributed by atoms with E-state index in [1.807, 2.05) is 24.3 Å². The zero-order chi connectivity index (χ0) is 15.7. The van der Waals surface area contributed by atoms with Gasteiger partial charge in [0.25, 0.3) is 0 Å². The third kappa shape index (κ3) is 1.86. The van der Waals surface area contributed by atoms with E-state index in [2.05, 4.69) is 0 Å². The lowest BCUT2D eigenvalue weighted by Gasteiger charge is -2.21. The fraction of sp³-hybridized carbons (Fsp3) is 0. The molecule has 100 valence electrons. The van der Waals surface area contributed by atoms with Gasteiger partial charge < -0.3 is 9.47 Å². The number of benzene rings is 2. The van der Waals surface area contributed by atoms with E-state index in [9.17, 15) is 0 Å². The molecule has 0 radical (unpaired) electrons. The summed E-state index contributed by atoms with van der Waals surface area (Å²) in [5.41, 5.74) is 0.676. The van der Waals surface area contributed by atoms with Crippen molar-refractivity contribution in [2.24, 2.45) is 0 Å². The minimum absolute atomic E-state index is 0.169. The Labute approximate surface area is 125 Å². The van der Waals surface area contributed by atoms with E-state index >= 15 is 0 Å².